The summed E-state index contributed by atoms with van der Waals surface area (Å²) in [4.78, 5) is 14.5. The van der Waals surface area contributed by atoms with Gasteiger partial charge < -0.3 is 14.4 Å². The second-order valence-corrected chi connectivity index (χ2v) is 5.12. The molecule has 1 fully saturated rings. The first-order valence-electron chi connectivity index (χ1n) is 7.41. The van der Waals surface area contributed by atoms with Crippen molar-refractivity contribution in [3.63, 3.8) is 0 Å². The van der Waals surface area contributed by atoms with Gasteiger partial charge in [0.1, 0.15) is 5.75 Å². The van der Waals surface area contributed by atoms with Crippen molar-refractivity contribution in [2.75, 3.05) is 26.8 Å². The zero-order chi connectivity index (χ0) is 15.1. The monoisotopic (exact) mass is 289 g/mol. The summed E-state index contributed by atoms with van der Waals surface area (Å²) in [5.41, 5.74) is 0.620. The van der Waals surface area contributed by atoms with E-state index in [4.69, 9.17) is 9.47 Å². The van der Waals surface area contributed by atoms with E-state index < -0.39 is 0 Å². The van der Waals surface area contributed by atoms with Gasteiger partial charge in [-0.1, -0.05) is 24.3 Å². The Morgan fingerprint density at radius 3 is 3.00 bits per heavy atom. The Bertz CT molecular complexity index is 499. The lowest BCUT2D eigenvalue weighted by Gasteiger charge is -2.32. The summed E-state index contributed by atoms with van der Waals surface area (Å²) in [6.07, 6.45) is 6.06. The van der Waals surface area contributed by atoms with E-state index in [0.29, 0.717) is 24.5 Å². The number of rotatable bonds is 5. The van der Waals surface area contributed by atoms with E-state index in [2.05, 4.69) is 0 Å². The van der Waals surface area contributed by atoms with Gasteiger partial charge in [0.05, 0.1) is 25.4 Å². The normalized spacial score (nSPS) is 19.0. The molecule has 0 bridgehead atoms. The van der Waals surface area contributed by atoms with Gasteiger partial charge in [-0.3, -0.25) is 4.79 Å². The van der Waals surface area contributed by atoms with Crippen molar-refractivity contribution < 1.29 is 14.3 Å². The van der Waals surface area contributed by atoms with Crippen LogP contribution in [0.4, 0.5) is 0 Å². The Morgan fingerprint density at radius 2 is 2.24 bits per heavy atom. The quantitative estimate of drug-likeness (QED) is 0.782. The minimum absolute atomic E-state index is 0.0202. The second-order valence-electron chi connectivity index (χ2n) is 5.12. The van der Waals surface area contributed by atoms with E-state index in [1.165, 1.54) is 0 Å². The van der Waals surface area contributed by atoms with Crippen LogP contribution in [0.15, 0.2) is 36.4 Å². The number of hydrogen-bond acceptors (Lipinski definition) is 3. The van der Waals surface area contributed by atoms with E-state index in [9.17, 15) is 4.79 Å². The number of piperidine rings is 1. The van der Waals surface area contributed by atoms with Crippen molar-refractivity contribution in [2.45, 2.75) is 25.9 Å². The fourth-order valence-electron chi connectivity index (χ4n) is 2.54. The van der Waals surface area contributed by atoms with Gasteiger partial charge in [-0.05, 0) is 31.9 Å². The van der Waals surface area contributed by atoms with Gasteiger partial charge in [0, 0.05) is 13.1 Å². The lowest BCUT2D eigenvalue weighted by atomic mass is 10.1. The minimum Gasteiger partial charge on any atom is -0.496 e. The molecule has 2 rings (SSSR count). The molecule has 1 saturated heterocycles. The largest absolute Gasteiger partial charge is 0.496 e. The molecule has 4 heteroatoms. The smallest absolute Gasteiger partial charge is 0.257 e. The van der Waals surface area contributed by atoms with Gasteiger partial charge >= 0.3 is 0 Å². The molecule has 0 aromatic heterocycles. The highest BCUT2D eigenvalue weighted by Gasteiger charge is 2.26. The number of allylic oxidation sites excluding steroid dienone is 1. The summed E-state index contributed by atoms with van der Waals surface area (Å²) in [5, 5.41) is 0. The highest BCUT2D eigenvalue weighted by Crippen LogP contribution is 2.22. The van der Waals surface area contributed by atoms with Crippen molar-refractivity contribution in [1.29, 1.82) is 0 Å². The predicted octanol–water partition coefficient (Wildman–Crippen LogP) is 2.89. The average Bonchev–Trinajstić information content (AvgIpc) is 2.54. The molecule has 4 nitrogen and oxygen atoms in total. The molecule has 1 aromatic rings. The third-order valence-corrected chi connectivity index (χ3v) is 3.67. The molecule has 0 radical (unpaired) electrons. The molecular formula is C17H23NO3. The second kappa shape index (κ2) is 7.84. The van der Waals surface area contributed by atoms with Crippen LogP contribution in [0.5, 0.6) is 5.75 Å². The SMILES string of the molecule is C/C=C\COC1CCCN(C(=O)c2ccccc2OC)C1. The first-order chi connectivity index (χ1) is 10.3. The number of para-hydroxylation sites is 1. The van der Waals surface area contributed by atoms with Crippen LogP contribution in [-0.2, 0) is 4.74 Å². The summed E-state index contributed by atoms with van der Waals surface area (Å²) < 4.78 is 11.1. The zero-order valence-corrected chi connectivity index (χ0v) is 12.7. The molecule has 0 spiro atoms. The topological polar surface area (TPSA) is 38.8 Å². The average molecular weight is 289 g/mol. The first kappa shape index (κ1) is 15.6. The molecule has 1 aromatic carbocycles. The van der Waals surface area contributed by atoms with E-state index in [1.807, 2.05) is 48.2 Å². The molecule has 21 heavy (non-hydrogen) atoms. The molecule has 0 aliphatic carbocycles. The molecule has 114 valence electrons. The van der Waals surface area contributed by atoms with Gasteiger partial charge in [0.15, 0.2) is 0 Å². The molecule has 0 saturated carbocycles. The zero-order valence-electron chi connectivity index (χ0n) is 12.7. The summed E-state index contributed by atoms with van der Waals surface area (Å²) in [6, 6.07) is 7.36. The molecule has 1 aliphatic rings. The number of methoxy groups -OCH3 is 1. The van der Waals surface area contributed by atoms with Crippen LogP contribution in [0.1, 0.15) is 30.1 Å². The maximum atomic E-state index is 12.6. The van der Waals surface area contributed by atoms with Crippen molar-refractivity contribution >= 4 is 5.91 Å². The molecule has 1 heterocycles. The lowest BCUT2D eigenvalue weighted by Crippen LogP contribution is -2.43. The van der Waals surface area contributed by atoms with Crippen molar-refractivity contribution in [3.05, 3.63) is 42.0 Å². The molecular weight excluding hydrogens is 266 g/mol. The Labute approximate surface area is 126 Å². The van der Waals surface area contributed by atoms with Crippen LogP contribution >= 0.6 is 0 Å². The third-order valence-electron chi connectivity index (χ3n) is 3.67. The van der Waals surface area contributed by atoms with E-state index in [-0.39, 0.29) is 12.0 Å². The number of amides is 1. The number of nitrogens with zero attached hydrogens (tertiary/aromatic N) is 1. The standard InChI is InChI=1S/C17H23NO3/c1-3-4-12-21-14-8-7-11-18(13-14)17(19)15-9-5-6-10-16(15)20-2/h3-6,9-10,14H,7-8,11-13H2,1-2H3/b4-3-. The van der Waals surface area contributed by atoms with Gasteiger partial charge in [-0.15, -0.1) is 0 Å². The summed E-state index contributed by atoms with van der Waals surface area (Å²) >= 11 is 0. The Balaban J connectivity index is 2.01. The maximum Gasteiger partial charge on any atom is 0.257 e. The maximum absolute atomic E-state index is 12.6. The highest BCUT2D eigenvalue weighted by atomic mass is 16.5. The van der Waals surface area contributed by atoms with Crippen LogP contribution in [-0.4, -0.2) is 43.7 Å². The number of carbonyl (C=O) groups is 1. The Morgan fingerprint density at radius 1 is 1.43 bits per heavy atom. The van der Waals surface area contributed by atoms with E-state index >= 15 is 0 Å². The van der Waals surface area contributed by atoms with Crippen LogP contribution in [0.25, 0.3) is 0 Å². The van der Waals surface area contributed by atoms with Gasteiger partial charge in [0.2, 0.25) is 0 Å². The van der Waals surface area contributed by atoms with Gasteiger partial charge in [0.25, 0.3) is 5.91 Å². The summed E-state index contributed by atoms with van der Waals surface area (Å²) in [5.74, 6) is 0.645. The predicted molar refractivity (Wildman–Crippen MR) is 82.7 cm³/mol. The number of likely N-dealkylation sites (tertiary alicyclic amines) is 1. The Kier molecular flexibility index (Phi) is 5.81. The summed E-state index contributed by atoms with van der Waals surface area (Å²) in [6.45, 7) is 4.01. The molecule has 1 unspecified atom stereocenters. The highest BCUT2D eigenvalue weighted by molar-refractivity contribution is 5.97. The van der Waals surface area contributed by atoms with E-state index in [0.717, 1.165) is 19.4 Å². The Hall–Kier alpha value is -1.81. The number of hydrogen-bond donors (Lipinski definition) is 0. The van der Waals surface area contributed by atoms with Gasteiger partial charge in [-0.2, -0.15) is 0 Å². The van der Waals surface area contributed by atoms with Crippen LogP contribution in [0.3, 0.4) is 0 Å². The number of benzene rings is 1. The fraction of sp³-hybridized carbons (Fsp3) is 0.471. The van der Waals surface area contributed by atoms with E-state index in [1.54, 1.807) is 7.11 Å². The van der Waals surface area contributed by atoms with Crippen molar-refractivity contribution in [2.24, 2.45) is 0 Å². The minimum atomic E-state index is 0.0202. The van der Waals surface area contributed by atoms with Crippen molar-refractivity contribution in [1.82, 2.24) is 4.90 Å². The number of carbonyl (C=O) groups excluding carboxylic acids is 1. The lowest BCUT2D eigenvalue weighted by molar-refractivity contribution is 0.0132. The molecule has 1 aliphatic heterocycles. The first-order valence-corrected chi connectivity index (χ1v) is 7.41. The van der Waals surface area contributed by atoms with Crippen LogP contribution in [0, 0.1) is 0 Å². The molecule has 1 atom stereocenters. The van der Waals surface area contributed by atoms with Crippen LogP contribution < -0.4 is 4.74 Å². The third kappa shape index (κ3) is 4.08. The van der Waals surface area contributed by atoms with Gasteiger partial charge in [-0.25, -0.2) is 0 Å². The van der Waals surface area contributed by atoms with Crippen molar-refractivity contribution in [3.8, 4) is 5.75 Å². The molecule has 1 amide bonds. The molecule has 0 N–H and O–H groups in total. The number of ether oxygens (including phenoxy) is 2. The van der Waals surface area contributed by atoms with Crippen LogP contribution in [0.2, 0.25) is 0 Å². The fourth-order valence-corrected chi connectivity index (χ4v) is 2.54. The summed E-state index contributed by atoms with van der Waals surface area (Å²) in [7, 11) is 1.59.